The average Bonchev–Trinajstić information content (AvgIpc) is 2.64. The molecule has 0 saturated carbocycles. The number of aryl methyl sites for hydroxylation is 2. The third kappa shape index (κ3) is 1.96. The van der Waals surface area contributed by atoms with Gasteiger partial charge in [0.1, 0.15) is 0 Å². The Morgan fingerprint density at radius 3 is 2.60 bits per heavy atom. The molecule has 0 N–H and O–H groups in total. The summed E-state index contributed by atoms with van der Waals surface area (Å²) in [6, 6.07) is 3.68. The highest BCUT2D eigenvalue weighted by Gasteiger charge is 2.05. The van der Waals surface area contributed by atoms with E-state index < -0.39 is 0 Å². The van der Waals surface area contributed by atoms with E-state index in [1.165, 1.54) is 0 Å². The second-order valence-corrected chi connectivity index (χ2v) is 3.25. The van der Waals surface area contributed by atoms with Gasteiger partial charge in [-0.3, -0.25) is 0 Å². The Labute approximate surface area is 87.7 Å². The van der Waals surface area contributed by atoms with Crippen molar-refractivity contribution < 1.29 is 4.74 Å². The summed E-state index contributed by atoms with van der Waals surface area (Å²) in [6.45, 7) is 3.81. The molecule has 0 unspecified atom stereocenters. The van der Waals surface area contributed by atoms with Gasteiger partial charge in [0, 0.05) is 18.0 Å². The van der Waals surface area contributed by atoms with Crippen LogP contribution in [0.4, 0.5) is 0 Å². The lowest BCUT2D eigenvalue weighted by atomic mass is 10.4. The molecule has 5 heteroatoms. The second kappa shape index (κ2) is 3.68. The molecule has 2 heterocycles. The predicted octanol–water partition coefficient (Wildman–Crippen LogP) is 1.29. The molecule has 0 amide bonds. The SMILES string of the molecule is COc1cc(C)nc(-n2ccc(C)n2)n1. The first-order chi connectivity index (χ1) is 7.19. The highest BCUT2D eigenvalue weighted by Crippen LogP contribution is 2.10. The van der Waals surface area contributed by atoms with Crippen LogP contribution in [0.15, 0.2) is 18.3 Å². The molecule has 78 valence electrons. The summed E-state index contributed by atoms with van der Waals surface area (Å²) in [4.78, 5) is 8.48. The average molecular weight is 204 g/mol. The maximum absolute atomic E-state index is 5.07. The van der Waals surface area contributed by atoms with E-state index >= 15 is 0 Å². The monoisotopic (exact) mass is 204 g/mol. The lowest BCUT2D eigenvalue weighted by Gasteiger charge is -2.03. The third-order valence-electron chi connectivity index (χ3n) is 1.96. The van der Waals surface area contributed by atoms with E-state index in [0.717, 1.165) is 11.4 Å². The minimum absolute atomic E-state index is 0.528. The first-order valence-electron chi connectivity index (χ1n) is 4.61. The zero-order chi connectivity index (χ0) is 10.8. The quantitative estimate of drug-likeness (QED) is 0.739. The van der Waals surface area contributed by atoms with Crippen LogP contribution in [0.5, 0.6) is 5.88 Å². The Bertz CT molecular complexity index is 478. The Morgan fingerprint density at radius 1 is 1.20 bits per heavy atom. The zero-order valence-corrected chi connectivity index (χ0v) is 8.93. The van der Waals surface area contributed by atoms with Gasteiger partial charge in [0.15, 0.2) is 0 Å². The van der Waals surface area contributed by atoms with Crippen molar-refractivity contribution in [3.05, 3.63) is 29.7 Å². The minimum Gasteiger partial charge on any atom is -0.481 e. The lowest BCUT2D eigenvalue weighted by Crippen LogP contribution is -2.04. The Hall–Kier alpha value is -1.91. The second-order valence-electron chi connectivity index (χ2n) is 3.25. The van der Waals surface area contributed by atoms with Crippen molar-refractivity contribution in [2.24, 2.45) is 0 Å². The van der Waals surface area contributed by atoms with Crippen LogP contribution in [0.25, 0.3) is 5.95 Å². The summed E-state index contributed by atoms with van der Waals surface area (Å²) in [5, 5.41) is 4.23. The van der Waals surface area contributed by atoms with Crippen LogP contribution in [0.3, 0.4) is 0 Å². The molecular formula is C10H12N4O. The summed E-state index contributed by atoms with van der Waals surface area (Å²) >= 11 is 0. The van der Waals surface area contributed by atoms with Crippen LogP contribution in [0, 0.1) is 13.8 Å². The molecule has 0 atom stereocenters. The minimum atomic E-state index is 0.528. The molecule has 2 rings (SSSR count). The molecule has 0 aliphatic rings. The van der Waals surface area contributed by atoms with Crippen LogP contribution in [0.2, 0.25) is 0 Å². The number of methoxy groups -OCH3 is 1. The highest BCUT2D eigenvalue weighted by atomic mass is 16.5. The highest BCUT2D eigenvalue weighted by molar-refractivity contribution is 5.22. The van der Waals surface area contributed by atoms with Crippen LogP contribution < -0.4 is 4.74 Å². The molecule has 0 aliphatic carbocycles. The van der Waals surface area contributed by atoms with Crippen molar-refractivity contribution in [2.45, 2.75) is 13.8 Å². The molecule has 0 fully saturated rings. The van der Waals surface area contributed by atoms with Crippen LogP contribution in [-0.2, 0) is 0 Å². The maximum Gasteiger partial charge on any atom is 0.254 e. The molecule has 0 aromatic carbocycles. The van der Waals surface area contributed by atoms with Gasteiger partial charge in [0.2, 0.25) is 5.88 Å². The molecule has 2 aromatic rings. The van der Waals surface area contributed by atoms with Crippen LogP contribution in [-0.4, -0.2) is 26.9 Å². The number of hydrogen-bond acceptors (Lipinski definition) is 4. The van der Waals surface area contributed by atoms with Crippen molar-refractivity contribution >= 4 is 0 Å². The van der Waals surface area contributed by atoms with E-state index in [-0.39, 0.29) is 0 Å². The molecule has 15 heavy (non-hydrogen) atoms. The van der Waals surface area contributed by atoms with E-state index in [4.69, 9.17) is 4.74 Å². The number of hydrogen-bond donors (Lipinski definition) is 0. The first-order valence-corrected chi connectivity index (χ1v) is 4.61. The number of nitrogens with zero attached hydrogens (tertiary/aromatic N) is 4. The van der Waals surface area contributed by atoms with Crippen molar-refractivity contribution in [1.29, 1.82) is 0 Å². The van der Waals surface area contributed by atoms with E-state index in [0.29, 0.717) is 11.8 Å². The summed E-state index contributed by atoms with van der Waals surface area (Å²) < 4.78 is 6.70. The third-order valence-corrected chi connectivity index (χ3v) is 1.96. The van der Waals surface area contributed by atoms with Gasteiger partial charge >= 0.3 is 0 Å². The first kappa shape index (κ1) is 9.64. The number of aromatic nitrogens is 4. The van der Waals surface area contributed by atoms with Crippen molar-refractivity contribution in [1.82, 2.24) is 19.7 Å². The zero-order valence-electron chi connectivity index (χ0n) is 8.93. The summed E-state index contributed by atoms with van der Waals surface area (Å²) in [5.41, 5.74) is 1.78. The van der Waals surface area contributed by atoms with Gasteiger partial charge in [-0.2, -0.15) is 10.1 Å². The fourth-order valence-electron chi connectivity index (χ4n) is 1.26. The normalized spacial score (nSPS) is 10.3. The van der Waals surface area contributed by atoms with E-state index in [9.17, 15) is 0 Å². The van der Waals surface area contributed by atoms with Gasteiger partial charge in [-0.25, -0.2) is 9.67 Å². The van der Waals surface area contributed by atoms with Gasteiger partial charge in [-0.15, -0.1) is 0 Å². The topological polar surface area (TPSA) is 52.8 Å². The van der Waals surface area contributed by atoms with Gasteiger partial charge in [-0.1, -0.05) is 0 Å². The van der Waals surface area contributed by atoms with Crippen molar-refractivity contribution in [3.8, 4) is 11.8 Å². The van der Waals surface area contributed by atoms with Crippen LogP contribution >= 0.6 is 0 Å². The predicted molar refractivity (Wildman–Crippen MR) is 55.2 cm³/mol. The van der Waals surface area contributed by atoms with E-state index in [1.54, 1.807) is 17.9 Å². The largest absolute Gasteiger partial charge is 0.481 e. The Balaban J connectivity index is 2.48. The molecule has 0 saturated heterocycles. The molecule has 0 spiro atoms. The van der Waals surface area contributed by atoms with Gasteiger partial charge in [0.05, 0.1) is 12.8 Å². The van der Waals surface area contributed by atoms with Crippen molar-refractivity contribution in [3.63, 3.8) is 0 Å². The van der Waals surface area contributed by atoms with Gasteiger partial charge in [0.25, 0.3) is 5.95 Å². The number of rotatable bonds is 2. The van der Waals surface area contributed by atoms with Crippen LogP contribution in [0.1, 0.15) is 11.4 Å². The summed E-state index contributed by atoms with van der Waals surface area (Å²) in [7, 11) is 1.58. The van der Waals surface area contributed by atoms with E-state index in [2.05, 4.69) is 15.1 Å². The Morgan fingerprint density at radius 2 is 2.00 bits per heavy atom. The molecule has 0 aliphatic heterocycles. The van der Waals surface area contributed by atoms with Gasteiger partial charge < -0.3 is 4.74 Å². The molecule has 0 radical (unpaired) electrons. The fraction of sp³-hybridized carbons (Fsp3) is 0.300. The smallest absolute Gasteiger partial charge is 0.254 e. The maximum atomic E-state index is 5.07. The molecule has 0 bridgehead atoms. The molecule has 2 aromatic heterocycles. The lowest BCUT2D eigenvalue weighted by molar-refractivity contribution is 0.395. The summed E-state index contributed by atoms with van der Waals surface area (Å²) in [5.74, 6) is 1.07. The standard InChI is InChI=1S/C10H12N4O/c1-7-4-5-14(13-7)10-11-8(2)6-9(12-10)15-3/h4-6H,1-3H3. The summed E-state index contributed by atoms with van der Waals surface area (Å²) in [6.07, 6.45) is 1.82. The molecule has 5 nitrogen and oxygen atoms in total. The van der Waals surface area contributed by atoms with E-state index in [1.807, 2.05) is 26.1 Å². The van der Waals surface area contributed by atoms with Gasteiger partial charge in [-0.05, 0) is 19.9 Å². The Kier molecular flexibility index (Phi) is 2.37. The number of ether oxygens (including phenoxy) is 1. The van der Waals surface area contributed by atoms with Crippen molar-refractivity contribution in [2.75, 3.05) is 7.11 Å². The molecular weight excluding hydrogens is 192 g/mol. The fourth-order valence-corrected chi connectivity index (χ4v) is 1.26.